The molecule has 1 amide bonds. The molecule has 0 fully saturated rings. The first-order chi connectivity index (χ1) is 13.1. The van der Waals surface area contributed by atoms with Gasteiger partial charge in [-0.05, 0) is 36.0 Å². The number of rotatable bonds is 4. The van der Waals surface area contributed by atoms with Crippen LogP contribution in [0.1, 0.15) is 0 Å². The van der Waals surface area contributed by atoms with Crippen molar-refractivity contribution in [2.75, 3.05) is 0 Å². The van der Waals surface area contributed by atoms with Gasteiger partial charge in [-0.3, -0.25) is 10.2 Å². The number of aromatic amines is 1. The Labute approximate surface area is 167 Å². The van der Waals surface area contributed by atoms with E-state index in [1.54, 1.807) is 0 Å². The van der Waals surface area contributed by atoms with E-state index < -0.39 is 5.91 Å². The highest BCUT2D eigenvalue weighted by molar-refractivity contribution is 9.10. The molecule has 4 N–H and O–H groups in total. The van der Waals surface area contributed by atoms with Crippen LogP contribution in [0.3, 0.4) is 0 Å². The Morgan fingerprint density at radius 1 is 1.30 bits per heavy atom. The normalized spacial score (nSPS) is 11.0. The SMILES string of the molecule is NNC(=O)Cn1nc(-c2[nH]c3ccc(Br)cc3c2-c2ccccc2)oc1=S. The molecule has 7 nitrogen and oxygen atoms in total. The number of hydrogen-bond donors (Lipinski definition) is 3. The first-order valence-corrected chi connectivity index (χ1v) is 9.21. The standard InChI is InChI=1S/C18H14BrN5O2S/c19-11-6-7-13-12(8-11)15(10-4-2-1-3-5-10)16(21-13)17-23-24(18(27)26-17)9-14(25)22-20/h1-8,21H,9,20H2,(H,22,25). The summed E-state index contributed by atoms with van der Waals surface area (Å²) >= 11 is 8.72. The third-order valence-corrected chi connectivity index (χ3v) is 4.88. The minimum atomic E-state index is -0.421. The molecule has 0 saturated carbocycles. The van der Waals surface area contributed by atoms with Crippen LogP contribution in [-0.2, 0) is 11.3 Å². The van der Waals surface area contributed by atoms with E-state index in [9.17, 15) is 4.79 Å². The van der Waals surface area contributed by atoms with Gasteiger partial charge in [0.05, 0.1) is 0 Å². The highest BCUT2D eigenvalue weighted by Gasteiger charge is 2.20. The third-order valence-electron chi connectivity index (χ3n) is 4.10. The van der Waals surface area contributed by atoms with Crippen molar-refractivity contribution in [3.05, 3.63) is 57.8 Å². The Morgan fingerprint density at radius 2 is 2.07 bits per heavy atom. The summed E-state index contributed by atoms with van der Waals surface area (Å²) in [5.74, 6) is 5.02. The number of benzene rings is 2. The molecule has 2 aromatic heterocycles. The lowest BCUT2D eigenvalue weighted by atomic mass is 10.0. The van der Waals surface area contributed by atoms with Crippen LogP contribution in [0, 0.1) is 4.84 Å². The average Bonchev–Trinajstić information content (AvgIpc) is 3.22. The summed E-state index contributed by atoms with van der Waals surface area (Å²) in [6.45, 7) is -0.120. The van der Waals surface area contributed by atoms with Gasteiger partial charge in [0.25, 0.3) is 16.6 Å². The van der Waals surface area contributed by atoms with Crippen LogP contribution in [0.2, 0.25) is 0 Å². The van der Waals surface area contributed by atoms with Crippen LogP contribution >= 0.6 is 28.1 Å². The summed E-state index contributed by atoms with van der Waals surface area (Å²) in [4.78, 5) is 15.0. The second kappa shape index (κ2) is 7.10. The first kappa shape index (κ1) is 17.7. The van der Waals surface area contributed by atoms with E-state index in [4.69, 9.17) is 22.5 Å². The van der Waals surface area contributed by atoms with Gasteiger partial charge in [-0.25, -0.2) is 10.5 Å². The molecule has 0 atom stereocenters. The molecule has 0 saturated heterocycles. The second-order valence-electron chi connectivity index (χ2n) is 5.83. The molecule has 2 aromatic carbocycles. The molecule has 4 aromatic rings. The summed E-state index contributed by atoms with van der Waals surface area (Å²) in [7, 11) is 0. The zero-order chi connectivity index (χ0) is 19.0. The van der Waals surface area contributed by atoms with Gasteiger partial charge in [-0.1, -0.05) is 46.3 Å². The number of aromatic nitrogens is 3. The number of hydrogen-bond acceptors (Lipinski definition) is 5. The second-order valence-corrected chi connectivity index (χ2v) is 7.09. The molecule has 0 aliphatic rings. The third kappa shape index (κ3) is 3.32. The maximum Gasteiger partial charge on any atom is 0.287 e. The fourth-order valence-corrected chi connectivity index (χ4v) is 3.46. The van der Waals surface area contributed by atoms with Crippen LogP contribution in [-0.4, -0.2) is 20.7 Å². The zero-order valence-corrected chi connectivity index (χ0v) is 16.3. The van der Waals surface area contributed by atoms with Crippen LogP contribution in [0.25, 0.3) is 33.6 Å². The topological polar surface area (TPSA) is 102 Å². The van der Waals surface area contributed by atoms with Crippen molar-refractivity contribution in [3.63, 3.8) is 0 Å². The molecule has 0 spiro atoms. The van der Waals surface area contributed by atoms with Crippen LogP contribution in [0.15, 0.2) is 57.4 Å². The molecule has 0 bridgehead atoms. The molecule has 136 valence electrons. The van der Waals surface area contributed by atoms with Crippen molar-refractivity contribution in [1.29, 1.82) is 0 Å². The van der Waals surface area contributed by atoms with Gasteiger partial charge in [-0.2, -0.15) is 0 Å². The van der Waals surface area contributed by atoms with E-state index in [1.165, 1.54) is 4.68 Å². The average molecular weight is 444 g/mol. The number of nitrogens with two attached hydrogens (primary N) is 1. The largest absolute Gasteiger partial charge is 0.408 e. The number of nitrogens with one attached hydrogen (secondary N) is 2. The van der Waals surface area contributed by atoms with Gasteiger partial charge in [0, 0.05) is 20.9 Å². The molecular formula is C18H14BrN5O2S. The number of H-pyrrole nitrogens is 1. The number of carbonyl (C=O) groups is 1. The number of carbonyl (C=O) groups excluding carboxylic acids is 1. The smallest absolute Gasteiger partial charge is 0.287 e. The van der Waals surface area contributed by atoms with Crippen molar-refractivity contribution >= 4 is 45.0 Å². The van der Waals surface area contributed by atoms with E-state index >= 15 is 0 Å². The van der Waals surface area contributed by atoms with E-state index in [2.05, 4.69) is 31.4 Å². The molecule has 0 aliphatic heterocycles. The fraction of sp³-hybridized carbons (Fsp3) is 0.0556. The van der Waals surface area contributed by atoms with Crippen molar-refractivity contribution in [2.24, 2.45) is 5.84 Å². The fourth-order valence-electron chi connectivity index (χ4n) is 2.92. The highest BCUT2D eigenvalue weighted by atomic mass is 79.9. The highest BCUT2D eigenvalue weighted by Crippen LogP contribution is 2.38. The summed E-state index contributed by atoms with van der Waals surface area (Å²) in [6.07, 6.45) is 0. The van der Waals surface area contributed by atoms with Gasteiger partial charge < -0.3 is 9.40 Å². The summed E-state index contributed by atoms with van der Waals surface area (Å²) in [6, 6.07) is 15.9. The minimum absolute atomic E-state index is 0.0902. The molecule has 0 unspecified atom stereocenters. The van der Waals surface area contributed by atoms with Crippen molar-refractivity contribution < 1.29 is 9.21 Å². The number of hydrazine groups is 1. The van der Waals surface area contributed by atoms with E-state index in [-0.39, 0.29) is 11.4 Å². The van der Waals surface area contributed by atoms with E-state index in [1.807, 2.05) is 48.5 Å². The number of halogens is 1. The molecule has 0 radical (unpaired) electrons. The molecule has 9 heteroatoms. The number of fused-ring (bicyclic) bond motifs is 1. The Hall–Kier alpha value is -2.75. The Morgan fingerprint density at radius 3 is 2.81 bits per heavy atom. The molecule has 4 rings (SSSR count). The minimum Gasteiger partial charge on any atom is -0.408 e. The monoisotopic (exact) mass is 443 g/mol. The predicted molar refractivity (Wildman–Crippen MR) is 108 cm³/mol. The summed E-state index contributed by atoms with van der Waals surface area (Å²) < 4.78 is 7.93. The van der Waals surface area contributed by atoms with E-state index in [0.717, 1.165) is 26.5 Å². The summed E-state index contributed by atoms with van der Waals surface area (Å²) in [5.41, 5.74) is 5.62. The van der Waals surface area contributed by atoms with Gasteiger partial charge >= 0.3 is 0 Å². The number of nitrogens with zero attached hydrogens (tertiary/aromatic N) is 2. The quantitative estimate of drug-likeness (QED) is 0.193. The molecule has 2 heterocycles. The summed E-state index contributed by atoms with van der Waals surface area (Å²) in [5, 5.41) is 5.37. The Bertz CT molecular complexity index is 1200. The van der Waals surface area contributed by atoms with Crippen molar-refractivity contribution in [2.45, 2.75) is 6.54 Å². The van der Waals surface area contributed by atoms with Gasteiger partial charge in [0.15, 0.2) is 0 Å². The lowest BCUT2D eigenvalue weighted by Gasteiger charge is -2.02. The van der Waals surface area contributed by atoms with Crippen molar-refractivity contribution in [1.82, 2.24) is 20.2 Å². The van der Waals surface area contributed by atoms with Gasteiger partial charge in [0.2, 0.25) is 0 Å². The molecule has 27 heavy (non-hydrogen) atoms. The van der Waals surface area contributed by atoms with Crippen LogP contribution in [0.5, 0.6) is 0 Å². The van der Waals surface area contributed by atoms with Crippen LogP contribution in [0.4, 0.5) is 0 Å². The van der Waals surface area contributed by atoms with Crippen LogP contribution < -0.4 is 11.3 Å². The van der Waals surface area contributed by atoms with E-state index in [0.29, 0.717) is 11.6 Å². The van der Waals surface area contributed by atoms with Crippen molar-refractivity contribution in [3.8, 4) is 22.7 Å². The Balaban J connectivity index is 1.93. The lowest BCUT2D eigenvalue weighted by Crippen LogP contribution is -2.33. The predicted octanol–water partition coefficient (Wildman–Crippen LogP) is 3.77. The Kier molecular flexibility index (Phi) is 4.65. The zero-order valence-electron chi connectivity index (χ0n) is 13.9. The maximum atomic E-state index is 11.5. The van der Waals surface area contributed by atoms with Gasteiger partial charge in [0.1, 0.15) is 12.2 Å². The first-order valence-electron chi connectivity index (χ1n) is 8.01. The maximum absolute atomic E-state index is 11.5. The van der Waals surface area contributed by atoms with Gasteiger partial charge in [-0.15, -0.1) is 5.10 Å². The molecule has 0 aliphatic carbocycles. The molecular weight excluding hydrogens is 430 g/mol. The number of amides is 1. The lowest BCUT2D eigenvalue weighted by molar-refractivity contribution is -0.121.